The van der Waals surface area contributed by atoms with Crippen molar-refractivity contribution < 1.29 is 18.3 Å². The molecule has 4 N–H and O–H groups in total. The summed E-state index contributed by atoms with van der Waals surface area (Å²) in [6.07, 6.45) is -0.0131. The molecular formula is C10H12F2N2O2. The van der Waals surface area contributed by atoms with Gasteiger partial charge in [-0.3, -0.25) is 4.79 Å². The molecule has 6 heteroatoms. The average molecular weight is 230 g/mol. The molecule has 0 aliphatic carbocycles. The van der Waals surface area contributed by atoms with E-state index < -0.39 is 29.3 Å². The molecule has 0 aliphatic rings. The van der Waals surface area contributed by atoms with Crippen molar-refractivity contribution in [3.8, 4) is 0 Å². The van der Waals surface area contributed by atoms with E-state index in [0.717, 1.165) is 12.1 Å². The van der Waals surface area contributed by atoms with Crippen LogP contribution in [0.1, 0.15) is 5.56 Å². The first-order chi connectivity index (χ1) is 7.45. The van der Waals surface area contributed by atoms with Gasteiger partial charge in [0.05, 0.1) is 7.11 Å². The van der Waals surface area contributed by atoms with E-state index >= 15 is 0 Å². The summed E-state index contributed by atoms with van der Waals surface area (Å²) in [6.45, 7) is 0. The summed E-state index contributed by atoms with van der Waals surface area (Å²) < 4.78 is 30.5. The van der Waals surface area contributed by atoms with E-state index in [-0.39, 0.29) is 12.0 Å². The van der Waals surface area contributed by atoms with Crippen molar-refractivity contribution in [2.45, 2.75) is 12.5 Å². The molecule has 0 amide bonds. The van der Waals surface area contributed by atoms with Crippen LogP contribution in [0.15, 0.2) is 12.1 Å². The standard InChI is InChI=1S/C10H12F2N2O2/c1-16-10(15)8(13)4-5-2-6(11)9(14)7(12)3-5/h2-3,8H,4,13-14H2,1H3/t8-/m0/s1. The van der Waals surface area contributed by atoms with Crippen LogP contribution in [0.2, 0.25) is 0 Å². The zero-order valence-corrected chi connectivity index (χ0v) is 8.67. The molecule has 0 bridgehead atoms. The molecule has 0 spiro atoms. The largest absolute Gasteiger partial charge is 0.468 e. The summed E-state index contributed by atoms with van der Waals surface area (Å²) in [6, 6.07) is 1.13. The monoisotopic (exact) mass is 230 g/mol. The number of hydrogen-bond acceptors (Lipinski definition) is 4. The number of nitrogens with two attached hydrogens (primary N) is 2. The fourth-order valence-electron chi connectivity index (χ4n) is 1.24. The molecule has 0 aromatic heterocycles. The third kappa shape index (κ3) is 2.66. The summed E-state index contributed by atoms with van der Waals surface area (Å²) in [5.74, 6) is -2.38. The Bertz CT molecular complexity index is 387. The Morgan fingerprint density at radius 3 is 2.38 bits per heavy atom. The second-order valence-electron chi connectivity index (χ2n) is 3.31. The minimum absolute atomic E-state index is 0.0131. The Balaban J connectivity index is 2.86. The van der Waals surface area contributed by atoms with Crippen LogP contribution in [0, 0.1) is 11.6 Å². The number of rotatable bonds is 3. The van der Waals surface area contributed by atoms with Crippen LogP contribution in [0.5, 0.6) is 0 Å². The fourth-order valence-corrected chi connectivity index (χ4v) is 1.24. The number of methoxy groups -OCH3 is 1. The second-order valence-corrected chi connectivity index (χ2v) is 3.31. The SMILES string of the molecule is COC(=O)[C@@H](N)Cc1cc(F)c(N)c(F)c1. The lowest BCUT2D eigenvalue weighted by Crippen LogP contribution is -2.33. The van der Waals surface area contributed by atoms with Gasteiger partial charge in [-0.2, -0.15) is 0 Å². The van der Waals surface area contributed by atoms with E-state index in [9.17, 15) is 13.6 Å². The Morgan fingerprint density at radius 1 is 1.44 bits per heavy atom. The maximum absolute atomic E-state index is 13.1. The Kier molecular flexibility index (Phi) is 3.78. The van der Waals surface area contributed by atoms with Crippen molar-refractivity contribution in [3.63, 3.8) is 0 Å². The quantitative estimate of drug-likeness (QED) is 0.588. The van der Waals surface area contributed by atoms with Crippen molar-refractivity contribution in [2.75, 3.05) is 12.8 Å². The van der Waals surface area contributed by atoms with E-state index in [2.05, 4.69) is 4.74 Å². The van der Waals surface area contributed by atoms with Gasteiger partial charge < -0.3 is 16.2 Å². The van der Waals surface area contributed by atoms with Crippen molar-refractivity contribution in [1.29, 1.82) is 0 Å². The van der Waals surface area contributed by atoms with E-state index in [0.29, 0.717) is 0 Å². The van der Waals surface area contributed by atoms with E-state index in [1.807, 2.05) is 0 Å². The highest BCUT2D eigenvalue weighted by Gasteiger charge is 2.16. The van der Waals surface area contributed by atoms with Crippen LogP contribution in [-0.4, -0.2) is 19.1 Å². The van der Waals surface area contributed by atoms with Gasteiger partial charge in [0.25, 0.3) is 0 Å². The molecule has 0 saturated heterocycles. The summed E-state index contributed by atoms with van der Waals surface area (Å²) in [5.41, 5.74) is 10.2. The normalized spacial score (nSPS) is 12.2. The summed E-state index contributed by atoms with van der Waals surface area (Å²) in [7, 11) is 1.19. The van der Waals surface area contributed by atoms with Crippen molar-refractivity contribution in [2.24, 2.45) is 5.73 Å². The molecular weight excluding hydrogens is 218 g/mol. The molecule has 0 saturated carbocycles. The number of ether oxygens (including phenoxy) is 1. The summed E-state index contributed by atoms with van der Waals surface area (Å²) >= 11 is 0. The number of carbonyl (C=O) groups is 1. The fraction of sp³-hybridized carbons (Fsp3) is 0.300. The van der Waals surface area contributed by atoms with Crippen LogP contribution in [-0.2, 0) is 16.0 Å². The van der Waals surface area contributed by atoms with Crippen molar-refractivity contribution in [3.05, 3.63) is 29.3 Å². The van der Waals surface area contributed by atoms with E-state index in [1.165, 1.54) is 7.11 Å². The van der Waals surface area contributed by atoms with Gasteiger partial charge in [0, 0.05) is 0 Å². The lowest BCUT2D eigenvalue weighted by Gasteiger charge is -2.10. The van der Waals surface area contributed by atoms with Gasteiger partial charge in [-0.1, -0.05) is 0 Å². The van der Waals surface area contributed by atoms with Crippen molar-refractivity contribution >= 4 is 11.7 Å². The molecule has 1 aromatic carbocycles. The second kappa shape index (κ2) is 4.89. The smallest absolute Gasteiger partial charge is 0.322 e. The molecule has 1 atom stereocenters. The topological polar surface area (TPSA) is 78.3 Å². The van der Waals surface area contributed by atoms with E-state index in [4.69, 9.17) is 11.5 Å². The Labute approximate surface area is 91.2 Å². The maximum atomic E-state index is 13.1. The molecule has 88 valence electrons. The number of benzene rings is 1. The third-order valence-corrected chi connectivity index (χ3v) is 2.10. The van der Waals surface area contributed by atoms with Crippen LogP contribution in [0.3, 0.4) is 0 Å². The molecule has 4 nitrogen and oxygen atoms in total. The minimum Gasteiger partial charge on any atom is -0.468 e. The Hall–Kier alpha value is -1.69. The van der Waals surface area contributed by atoms with Gasteiger partial charge >= 0.3 is 5.97 Å². The predicted molar refractivity (Wildman–Crippen MR) is 54.5 cm³/mol. The van der Waals surface area contributed by atoms with Gasteiger partial charge in [-0.25, -0.2) is 8.78 Å². The maximum Gasteiger partial charge on any atom is 0.322 e. The minimum atomic E-state index is -0.951. The average Bonchev–Trinajstić information content (AvgIpc) is 2.24. The van der Waals surface area contributed by atoms with Crippen LogP contribution in [0.25, 0.3) is 0 Å². The number of hydrogen-bond donors (Lipinski definition) is 2. The zero-order chi connectivity index (χ0) is 12.3. The molecule has 0 unspecified atom stereocenters. The van der Waals surface area contributed by atoms with Gasteiger partial charge in [0.1, 0.15) is 23.4 Å². The molecule has 0 heterocycles. The molecule has 0 fully saturated rings. The van der Waals surface area contributed by atoms with Gasteiger partial charge in [0.15, 0.2) is 0 Å². The van der Waals surface area contributed by atoms with Crippen LogP contribution < -0.4 is 11.5 Å². The number of nitrogen functional groups attached to an aromatic ring is 1. The van der Waals surface area contributed by atoms with Crippen LogP contribution >= 0.6 is 0 Å². The predicted octanol–water partition coefficient (Wildman–Crippen LogP) is 0.590. The first-order valence-corrected chi connectivity index (χ1v) is 4.52. The highest BCUT2D eigenvalue weighted by molar-refractivity contribution is 5.75. The van der Waals surface area contributed by atoms with Gasteiger partial charge in [-0.05, 0) is 24.1 Å². The van der Waals surface area contributed by atoms with E-state index in [1.54, 1.807) is 0 Å². The highest BCUT2D eigenvalue weighted by Crippen LogP contribution is 2.18. The number of halogens is 2. The first kappa shape index (κ1) is 12.4. The summed E-state index contributed by atoms with van der Waals surface area (Å²) in [4.78, 5) is 11.0. The lowest BCUT2D eigenvalue weighted by molar-refractivity contribution is -0.142. The highest BCUT2D eigenvalue weighted by atomic mass is 19.1. The Morgan fingerprint density at radius 2 is 1.94 bits per heavy atom. The number of carbonyl (C=O) groups excluding carboxylic acids is 1. The molecule has 0 radical (unpaired) electrons. The number of anilines is 1. The molecule has 16 heavy (non-hydrogen) atoms. The molecule has 0 aliphatic heterocycles. The molecule has 1 rings (SSSR count). The zero-order valence-electron chi connectivity index (χ0n) is 8.67. The van der Waals surface area contributed by atoms with Crippen molar-refractivity contribution in [1.82, 2.24) is 0 Å². The van der Waals surface area contributed by atoms with Crippen LogP contribution in [0.4, 0.5) is 14.5 Å². The number of esters is 1. The van der Waals surface area contributed by atoms with Gasteiger partial charge in [-0.15, -0.1) is 0 Å². The molecule has 1 aromatic rings. The third-order valence-electron chi connectivity index (χ3n) is 2.10. The van der Waals surface area contributed by atoms with Gasteiger partial charge in [0.2, 0.25) is 0 Å². The first-order valence-electron chi connectivity index (χ1n) is 4.52. The lowest BCUT2D eigenvalue weighted by atomic mass is 10.1. The summed E-state index contributed by atoms with van der Waals surface area (Å²) in [5, 5.41) is 0.